The molecule has 41 heavy (non-hydrogen) atoms. The zero-order chi connectivity index (χ0) is 29.5. The van der Waals surface area contributed by atoms with Crippen molar-refractivity contribution in [3.05, 3.63) is 84.2 Å². The number of amides is 5. The molecule has 0 saturated carbocycles. The summed E-state index contributed by atoms with van der Waals surface area (Å²) in [5.41, 5.74) is 1.52. The van der Waals surface area contributed by atoms with Crippen molar-refractivity contribution in [1.82, 2.24) is 9.80 Å². The molecular weight excluding hydrogens is 529 g/mol. The summed E-state index contributed by atoms with van der Waals surface area (Å²) in [5, 5.41) is 18.1. The molecule has 1 heterocycles. The summed E-state index contributed by atoms with van der Waals surface area (Å²) in [6.07, 6.45) is -0.598. The first kappa shape index (κ1) is 29.3. The second-order valence-electron chi connectivity index (χ2n) is 10.1. The minimum absolute atomic E-state index is 0.133. The number of anilines is 3. The summed E-state index contributed by atoms with van der Waals surface area (Å²) in [5.74, 6) is -0.862. The second-order valence-corrected chi connectivity index (χ2v) is 10.1. The third-order valence-corrected chi connectivity index (χ3v) is 6.87. The maximum atomic E-state index is 13.6. The number of nitrogens with one attached hydrogen (secondary N) is 3. The zero-order valence-electron chi connectivity index (χ0n) is 23.1. The number of carbonyl (C=O) groups is 3. The summed E-state index contributed by atoms with van der Waals surface area (Å²) >= 11 is 0. The van der Waals surface area contributed by atoms with Crippen LogP contribution in [0.1, 0.15) is 24.2 Å². The average Bonchev–Trinajstić information content (AvgIpc) is 2.96. The van der Waals surface area contributed by atoms with Gasteiger partial charge in [0, 0.05) is 30.9 Å². The summed E-state index contributed by atoms with van der Waals surface area (Å²) in [4.78, 5) is 42.4. The monoisotopic (exact) mass is 563 g/mol. The highest BCUT2D eigenvalue weighted by molar-refractivity contribution is 6.04. The number of rotatable bonds is 7. The van der Waals surface area contributed by atoms with Crippen LogP contribution < -0.4 is 20.7 Å². The van der Waals surface area contributed by atoms with Crippen LogP contribution in [0.4, 0.5) is 31.0 Å². The third kappa shape index (κ3) is 7.31. The third-order valence-electron chi connectivity index (χ3n) is 6.87. The summed E-state index contributed by atoms with van der Waals surface area (Å²) in [6, 6.07) is 17.8. The number of para-hydroxylation sites is 2. The van der Waals surface area contributed by atoms with Crippen molar-refractivity contribution in [2.45, 2.75) is 26.0 Å². The first-order valence-electron chi connectivity index (χ1n) is 13.3. The molecule has 216 valence electrons. The molecule has 10 nitrogen and oxygen atoms in total. The fourth-order valence-electron chi connectivity index (χ4n) is 4.47. The highest BCUT2D eigenvalue weighted by Gasteiger charge is 2.35. The summed E-state index contributed by atoms with van der Waals surface area (Å²) in [7, 11) is 1.60. The molecule has 0 aromatic heterocycles. The number of aliphatic hydroxyl groups excluding tert-OH is 1. The van der Waals surface area contributed by atoms with E-state index >= 15 is 0 Å². The molecule has 0 radical (unpaired) electrons. The summed E-state index contributed by atoms with van der Waals surface area (Å²) < 4.78 is 19.7. The number of aliphatic hydroxyl groups is 1. The highest BCUT2D eigenvalue weighted by atomic mass is 19.1. The van der Waals surface area contributed by atoms with E-state index in [0.717, 1.165) is 0 Å². The number of ether oxygens (including phenoxy) is 1. The molecule has 0 bridgehead atoms. The van der Waals surface area contributed by atoms with Gasteiger partial charge in [0.1, 0.15) is 11.9 Å². The smallest absolute Gasteiger partial charge is 0.323 e. The Morgan fingerprint density at radius 1 is 1.02 bits per heavy atom. The number of hydrogen-bond acceptors (Lipinski definition) is 5. The Kier molecular flexibility index (Phi) is 9.41. The quantitative estimate of drug-likeness (QED) is 0.327. The summed E-state index contributed by atoms with van der Waals surface area (Å²) in [6.45, 7) is 3.80. The Labute approximate surface area is 238 Å². The van der Waals surface area contributed by atoms with Crippen LogP contribution >= 0.6 is 0 Å². The molecule has 0 aliphatic carbocycles. The van der Waals surface area contributed by atoms with Gasteiger partial charge in [-0.25, -0.2) is 14.0 Å². The molecule has 0 spiro atoms. The SMILES string of the molecule is C[C@@H]1CN([C@@H](C)CO)C(=O)c2cccc(NC(=O)Nc3ccccc3)c2O[C@@H]1CN(C)C(=O)Nc1ccc(F)cc1. The van der Waals surface area contributed by atoms with Gasteiger partial charge in [0.15, 0.2) is 5.75 Å². The van der Waals surface area contributed by atoms with Crippen LogP contribution in [0.15, 0.2) is 72.8 Å². The fraction of sp³-hybridized carbons (Fsp3) is 0.300. The molecule has 0 saturated heterocycles. The Morgan fingerprint density at radius 3 is 2.39 bits per heavy atom. The van der Waals surface area contributed by atoms with E-state index in [1.807, 2.05) is 13.0 Å². The van der Waals surface area contributed by atoms with E-state index in [0.29, 0.717) is 11.4 Å². The average molecular weight is 564 g/mol. The van der Waals surface area contributed by atoms with Gasteiger partial charge in [0.25, 0.3) is 5.91 Å². The van der Waals surface area contributed by atoms with Crippen LogP contribution in [0.25, 0.3) is 0 Å². The number of urea groups is 2. The van der Waals surface area contributed by atoms with E-state index in [9.17, 15) is 23.9 Å². The van der Waals surface area contributed by atoms with Gasteiger partial charge in [0.2, 0.25) is 0 Å². The Balaban J connectivity index is 1.61. The number of carbonyl (C=O) groups excluding carboxylic acids is 3. The lowest BCUT2D eigenvalue weighted by Gasteiger charge is -2.38. The molecule has 0 unspecified atom stereocenters. The Bertz CT molecular complexity index is 1370. The number of benzene rings is 3. The van der Waals surface area contributed by atoms with Crippen LogP contribution in [0.2, 0.25) is 0 Å². The van der Waals surface area contributed by atoms with Gasteiger partial charge in [-0.2, -0.15) is 0 Å². The number of halogens is 1. The van der Waals surface area contributed by atoms with Crippen LogP contribution in [0.5, 0.6) is 5.75 Å². The predicted octanol–water partition coefficient (Wildman–Crippen LogP) is 4.85. The van der Waals surface area contributed by atoms with E-state index < -0.39 is 30.0 Å². The van der Waals surface area contributed by atoms with E-state index in [1.54, 1.807) is 61.3 Å². The van der Waals surface area contributed by atoms with Crippen LogP contribution in [-0.4, -0.2) is 71.8 Å². The van der Waals surface area contributed by atoms with Crippen molar-refractivity contribution in [3.8, 4) is 5.75 Å². The van der Waals surface area contributed by atoms with Crippen molar-refractivity contribution < 1.29 is 28.6 Å². The van der Waals surface area contributed by atoms with Crippen LogP contribution in [0, 0.1) is 11.7 Å². The predicted molar refractivity (Wildman–Crippen MR) is 155 cm³/mol. The highest BCUT2D eigenvalue weighted by Crippen LogP contribution is 2.35. The molecule has 0 fully saturated rings. The van der Waals surface area contributed by atoms with Crippen molar-refractivity contribution in [1.29, 1.82) is 0 Å². The number of nitrogens with zero attached hydrogens (tertiary/aromatic N) is 2. The maximum absolute atomic E-state index is 13.6. The van der Waals surface area contributed by atoms with Gasteiger partial charge < -0.3 is 35.6 Å². The topological polar surface area (TPSA) is 123 Å². The van der Waals surface area contributed by atoms with E-state index in [2.05, 4.69) is 16.0 Å². The maximum Gasteiger partial charge on any atom is 0.323 e. The van der Waals surface area contributed by atoms with Crippen LogP contribution in [-0.2, 0) is 0 Å². The fourth-order valence-corrected chi connectivity index (χ4v) is 4.47. The second kappa shape index (κ2) is 13.1. The first-order valence-corrected chi connectivity index (χ1v) is 13.3. The van der Waals surface area contributed by atoms with Gasteiger partial charge in [-0.3, -0.25) is 4.79 Å². The molecule has 1 aliphatic rings. The molecule has 11 heteroatoms. The van der Waals surface area contributed by atoms with Gasteiger partial charge >= 0.3 is 12.1 Å². The zero-order valence-corrected chi connectivity index (χ0v) is 23.1. The van der Waals surface area contributed by atoms with Crippen molar-refractivity contribution in [2.75, 3.05) is 42.7 Å². The lowest BCUT2D eigenvalue weighted by Crippen LogP contribution is -2.50. The lowest BCUT2D eigenvalue weighted by molar-refractivity contribution is 0.0373. The van der Waals surface area contributed by atoms with Gasteiger partial charge in [0.05, 0.1) is 30.4 Å². The molecule has 1 aliphatic heterocycles. The van der Waals surface area contributed by atoms with Gasteiger partial charge in [-0.1, -0.05) is 31.2 Å². The van der Waals surface area contributed by atoms with E-state index in [1.165, 1.54) is 29.2 Å². The van der Waals surface area contributed by atoms with Gasteiger partial charge in [-0.05, 0) is 55.5 Å². The van der Waals surface area contributed by atoms with Gasteiger partial charge in [-0.15, -0.1) is 0 Å². The molecule has 4 N–H and O–H groups in total. The van der Waals surface area contributed by atoms with Crippen molar-refractivity contribution in [3.63, 3.8) is 0 Å². The van der Waals surface area contributed by atoms with E-state index in [-0.39, 0.29) is 48.5 Å². The molecule has 5 amide bonds. The van der Waals surface area contributed by atoms with Crippen molar-refractivity contribution in [2.24, 2.45) is 5.92 Å². The molecule has 3 atom stereocenters. The number of hydrogen-bond donors (Lipinski definition) is 4. The minimum atomic E-state index is -0.598. The normalized spacial score (nSPS) is 17.3. The number of fused-ring (bicyclic) bond motifs is 1. The Morgan fingerprint density at radius 2 is 1.71 bits per heavy atom. The molecular formula is C30H34FN5O5. The van der Waals surface area contributed by atoms with Crippen molar-refractivity contribution >= 4 is 35.0 Å². The molecule has 4 rings (SSSR count). The number of likely N-dealkylation sites (N-methyl/N-ethyl adjacent to an activating group) is 1. The standard InChI is InChI=1S/C30H34FN5O5/c1-19-16-36(20(2)18-37)28(38)24-10-7-11-25(34-29(39)32-22-8-5-4-6-9-22)27(24)41-26(19)17-35(3)30(40)33-23-14-12-21(31)13-15-23/h4-15,19-20,26,37H,16-18H2,1-3H3,(H,33,40)(H2,32,34,39)/t19-,20+,26-/m1/s1. The largest absolute Gasteiger partial charge is 0.485 e. The Hall–Kier alpha value is -4.64. The molecule has 3 aromatic rings. The van der Waals surface area contributed by atoms with Crippen LogP contribution in [0.3, 0.4) is 0 Å². The van der Waals surface area contributed by atoms with E-state index in [4.69, 9.17) is 4.74 Å². The minimum Gasteiger partial charge on any atom is -0.485 e. The first-order chi connectivity index (χ1) is 19.7. The lowest BCUT2D eigenvalue weighted by atomic mass is 9.99. The molecule has 3 aromatic carbocycles.